The number of carbonyl (C=O) groups is 1. The molecule has 4 heteroatoms. The van der Waals surface area contributed by atoms with Gasteiger partial charge in [0.2, 0.25) is 0 Å². The van der Waals surface area contributed by atoms with E-state index in [1.165, 1.54) is 0 Å². The van der Waals surface area contributed by atoms with Crippen molar-refractivity contribution >= 4 is 23.0 Å². The highest BCUT2D eigenvalue weighted by Gasteiger charge is 2.11. The Morgan fingerprint density at radius 1 is 0.857 bits per heavy atom. The molecule has 0 spiro atoms. The summed E-state index contributed by atoms with van der Waals surface area (Å²) >= 11 is 0. The molecule has 1 amide bonds. The third kappa shape index (κ3) is 5.36. The summed E-state index contributed by atoms with van der Waals surface area (Å²) in [5, 5.41) is 6.19. The second kappa shape index (κ2) is 9.60. The highest BCUT2D eigenvalue weighted by molar-refractivity contribution is 5.92. The third-order valence-electron chi connectivity index (χ3n) is 4.65. The van der Waals surface area contributed by atoms with Crippen LogP contribution in [0.3, 0.4) is 0 Å². The van der Waals surface area contributed by atoms with Crippen LogP contribution in [-0.2, 0) is 4.79 Å². The first-order valence-electron chi connectivity index (χ1n) is 9.59. The molecular formula is C24H26N2O2. The zero-order valence-corrected chi connectivity index (χ0v) is 16.3. The van der Waals surface area contributed by atoms with Gasteiger partial charge >= 0.3 is 0 Å². The van der Waals surface area contributed by atoms with Gasteiger partial charge in [0.15, 0.2) is 6.61 Å². The van der Waals surface area contributed by atoms with Crippen LogP contribution in [0.1, 0.15) is 31.7 Å². The van der Waals surface area contributed by atoms with Gasteiger partial charge in [-0.25, -0.2) is 0 Å². The van der Waals surface area contributed by atoms with E-state index in [1.54, 1.807) is 0 Å². The standard InChI is InChI=1S/C24H26N2O2/c1-3-18(2)22-11-7-8-12-23(22)28-17-24(27)26-21-15-13-20(14-16-21)25-19-9-5-4-6-10-19/h4-16,18,25H,3,17H2,1-2H3,(H,26,27)/t18-/m0/s1. The summed E-state index contributed by atoms with van der Waals surface area (Å²) in [5.74, 6) is 0.987. The Balaban J connectivity index is 1.54. The molecule has 3 aromatic rings. The average molecular weight is 374 g/mol. The fourth-order valence-corrected chi connectivity index (χ4v) is 2.90. The lowest BCUT2D eigenvalue weighted by molar-refractivity contribution is -0.118. The number of para-hydroxylation sites is 2. The Hall–Kier alpha value is -3.27. The summed E-state index contributed by atoms with van der Waals surface area (Å²) in [5.41, 5.74) is 3.85. The number of hydrogen-bond donors (Lipinski definition) is 2. The molecule has 0 fully saturated rings. The van der Waals surface area contributed by atoms with E-state index in [0.717, 1.165) is 34.8 Å². The van der Waals surface area contributed by atoms with E-state index < -0.39 is 0 Å². The summed E-state index contributed by atoms with van der Waals surface area (Å²) in [6, 6.07) is 25.5. The Kier molecular flexibility index (Phi) is 6.68. The van der Waals surface area contributed by atoms with E-state index in [2.05, 4.69) is 30.5 Å². The van der Waals surface area contributed by atoms with Crippen molar-refractivity contribution < 1.29 is 9.53 Å². The van der Waals surface area contributed by atoms with Crippen molar-refractivity contribution in [2.45, 2.75) is 26.2 Å². The third-order valence-corrected chi connectivity index (χ3v) is 4.65. The molecule has 0 bridgehead atoms. The van der Waals surface area contributed by atoms with Gasteiger partial charge in [0.1, 0.15) is 5.75 Å². The van der Waals surface area contributed by atoms with Gasteiger partial charge in [0.25, 0.3) is 5.91 Å². The lowest BCUT2D eigenvalue weighted by Gasteiger charge is -2.15. The minimum atomic E-state index is -0.178. The number of rotatable bonds is 8. The summed E-state index contributed by atoms with van der Waals surface area (Å²) in [6.45, 7) is 4.29. The highest BCUT2D eigenvalue weighted by Crippen LogP contribution is 2.28. The molecule has 0 aliphatic rings. The Morgan fingerprint density at radius 2 is 1.46 bits per heavy atom. The molecular weight excluding hydrogens is 348 g/mol. The van der Waals surface area contributed by atoms with Gasteiger partial charge in [0, 0.05) is 17.1 Å². The number of anilines is 3. The minimum Gasteiger partial charge on any atom is -0.483 e. The Labute approximate surface area is 166 Å². The van der Waals surface area contributed by atoms with Gasteiger partial charge in [-0.3, -0.25) is 4.79 Å². The van der Waals surface area contributed by atoms with Crippen LogP contribution >= 0.6 is 0 Å². The van der Waals surface area contributed by atoms with E-state index in [-0.39, 0.29) is 12.5 Å². The molecule has 3 rings (SSSR count). The molecule has 0 aliphatic heterocycles. The van der Waals surface area contributed by atoms with Crippen LogP contribution in [-0.4, -0.2) is 12.5 Å². The van der Waals surface area contributed by atoms with Crippen molar-refractivity contribution in [3.05, 3.63) is 84.4 Å². The average Bonchev–Trinajstić information content (AvgIpc) is 2.74. The Bertz CT molecular complexity index is 892. The van der Waals surface area contributed by atoms with E-state index in [9.17, 15) is 4.79 Å². The second-order valence-corrected chi connectivity index (χ2v) is 6.75. The van der Waals surface area contributed by atoms with Crippen molar-refractivity contribution in [1.82, 2.24) is 0 Å². The van der Waals surface area contributed by atoms with Crippen LogP contribution in [0, 0.1) is 0 Å². The van der Waals surface area contributed by atoms with Gasteiger partial charge in [-0.05, 0) is 60.4 Å². The molecule has 0 unspecified atom stereocenters. The molecule has 0 saturated heterocycles. The lowest BCUT2D eigenvalue weighted by atomic mass is 9.98. The molecule has 1 atom stereocenters. The molecule has 4 nitrogen and oxygen atoms in total. The zero-order valence-electron chi connectivity index (χ0n) is 16.3. The molecule has 3 aromatic carbocycles. The quantitative estimate of drug-likeness (QED) is 0.511. The Morgan fingerprint density at radius 3 is 2.18 bits per heavy atom. The summed E-state index contributed by atoms with van der Waals surface area (Å²) in [6.07, 6.45) is 1.02. The number of benzene rings is 3. The van der Waals surface area contributed by atoms with Gasteiger partial charge in [-0.1, -0.05) is 50.2 Å². The SMILES string of the molecule is CC[C@H](C)c1ccccc1OCC(=O)Nc1ccc(Nc2ccccc2)cc1. The molecule has 0 saturated carbocycles. The van der Waals surface area contributed by atoms with Gasteiger partial charge in [-0.15, -0.1) is 0 Å². The molecule has 0 radical (unpaired) electrons. The number of nitrogens with one attached hydrogen (secondary N) is 2. The maximum atomic E-state index is 12.3. The summed E-state index contributed by atoms with van der Waals surface area (Å²) < 4.78 is 5.77. The first-order chi connectivity index (χ1) is 13.7. The maximum absolute atomic E-state index is 12.3. The first kappa shape index (κ1) is 19.5. The van der Waals surface area contributed by atoms with Crippen LogP contribution in [0.4, 0.5) is 17.1 Å². The normalized spacial score (nSPS) is 11.5. The van der Waals surface area contributed by atoms with Crippen LogP contribution in [0.2, 0.25) is 0 Å². The van der Waals surface area contributed by atoms with E-state index in [4.69, 9.17) is 4.74 Å². The van der Waals surface area contributed by atoms with Crippen LogP contribution in [0.15, 0.2) is 78.9 Å². The fraction of sp³-hybridized carbons (Fsp3) is 0.208. The van der Waals surface area contributed by atoms with Crippen molar-refractivity contribution in [1.29, 1.82) is 0 Å². The minimum absolute atomic E-state index is 0.0164. The lowest BCUT2D eigenvalue weighted by Crippen LogP contribution is -2.20. The monoisotopic (exact) mass is 374 g/mol. The van der Waals surface area contributed by atoms with E-state index in [0.29, 0.717) is 5.92 Å². The van der Waals surface area contributed by atoms with Gasteiger partial charge in [-0.2, -0.15) is 0 Å². The predicted octanol–water partition coefficient (Wildman–Crippen LogP) is 5.96. The predicted molar refractivity (Wildman–Crippen MR) is 115 cm³/mol. The highest BCUT2D eigenvalue weighted by atomic mass is 16.5. The number of carbonyl (C=O) groups excluding carboxylic acids is 1. The molecule has 2 N–H and O–H groups in total. The molecule has 0 heterocycles. The summed E-state index contributed by atoms with van der Waals surface area (Å²) in [7, 11) is 0. The topological polar surface area (TPSA) is 50.4 Å². The number of amides is 1. The molecule has 0 aromatic heterocycles. The zero-order chi connectivity index (χ0) is 19.8. The van der Waals surface area contributed by atoms with Crippen molar-refractivity contribution in [3.63, 3.8) is 0 Å². The summed E-state index contributed by atoms with van der Waals surface area (Å²) in [4.78, 5) is 12.3. The number of ether oxygens (including phenoxy) is 1. The van der Waals surface area contributed by atoms with Crippen molar-refractivity contribution in [3.8, 4) is 5.75 Å². The fourth-order valence-electron chi connectivity index (χ4n) is 2.90. The first-order valence-corrected chi connectivity index (χ1v) is 9.59. The van der Waals surface area contributed by atoms with Gasteiger partial charge < -0.3 is 15.4 Å². The van der Waals surface area contributed by atoms with E-state index >= 15 is 0 Å². The van der Waals surface area contributed by atoms with Gasteiger partial charge in [0.05, 0.1) is 0 Å². The molecule has 28 heavy (non-hydrogen) atoms. The van der Waals surface area contributed by atoms with E-state index in [1.807, 2.05) is 72.8 Å². The molecule has 144 valence electrons. The second-order valence-electron chi connectivity index (χ2n) is 6.75. The largest absolute Gasteiger partial charge is 0.483 e. The van der Waals surface area contributed by atoms with Crippen LogP contribution in [0.25, 0.3) is 0 Å². The smallest absolute Gasteiger partial charge is 0.262 e. The van der Waals surface area contributed by atoms with Crippen LogP contribution in [0.5, 0.6) is 5.75 Å². The number of hydrogen-bond acceptors (Lipinski definition) is 3. The maximum Gasteiger partial charge on any atom is 0.262 e. The van der Waals surface area contributed by atoms with Crippen LogP contribution < -0.4 is 15.4 Å². The van der Waals surface area contributed by atoms with Crippen molar-refractivity contribution in [2.75, 3.05) is 17.2 Å². The molecule has 0 aliphatic carbocycles. The van der Waals surface area contributed by atoms with Crippen molar-refractivity contribution in [2.24, 2.45) is 0 Å².